The van der Waals surface area contributed by atoms with Crippen molar-refractivity contribution in [3.05, 3.63) is 102 Å². The summed E-state index contributed by atoms with van der Waals surface area (Å²) < 4.78 is 13.1. The molecule has 0 aliphatic carbocycles. The standard InChI is InChI=1S/C32H27N7O3/c1-20-7-9-26-25(13-20)29(36-19-35-26)38-11-12-41-28-10-8-22(14-24(28)18-38)23-15-27-30(34-16-23)39(32(37-27)42-31(33)40)17-21-5-3-2-4-6-21/h2-10,13-16,19H,11-12,17-18H2,1H3,(H2,33,40). The Kier molecular flexibility index (Phi) is 6.35. The molecule has 10 nitrogen and oxygen atoms in total. The average Bonchev–Trinajstić information content (AvgIpc) is 3.17. The zero-order chi connectivity index (χ0) is 28.6. The van der Waals surface area contributed by atoms with Crippen LogP contribution in [0.3, 0.4) is 0 Å². The number of fused-ring (bicyclic) bond motifs is 3. The third-order valence-electron chi connectivity index (χ3n) is 7.37. The van der Waals surface area contributed by atoms with Crippen LogP contribution in [-0.4, -0.2) is 43.7 Å². The molecule has 0 bridgehead atoms. The Morgan fingerprint density at radius 1 is 0.976 bits per heavy atom. The molecule has 6 aromatic rings. The predicted molar refractivity (Wildman–Crippen MR) is 160 cm³/mol. The van der Waals surface area contributed by atoms with E-state index in [1.54, 1.807) is 17.1 Å². The number of ether oxygens (including phenoxy) is 2. The molecule has 42 heavy (non-hydrogen) atoms. The van der Waals surface area contributed by atoms with E-state index >= 15 is 0 Å². The quantitative estimate of drug-likeness (QED) is 0.305. The first kappa shape index (κ1) is 25.5. The lowest BCUT2D eigenvalue weighted by atomic mass is 10.0. The second kappa shape index (κ2) is 10.5. The van der Waals surface area contributed by atoms with Crippen LogP contribution in [0.1, 0.15) is 16.7 Å². The van der Waals surface area contributed by atoms with Crippen LogP contribution in [0.2, 0.25) is 0 Å². The van der Waals surface area contributed by atoms with Gasteiger partial charge in [-0.1, -0.05) is 48.0 Å². The SMILES string of the molecule is Cc1ccc2ncnc(N3CCOc4ccc(-c5cnc6c(c5)nc(OC(N)=O)n6Cc5ccccc5)cc4C3)c2c1. The maximum atomic E-state index is 11.6. The Bertz CT molecular complexity index is 1960. The molecule has 0 spiro atoms. The summed E-state index contributed by atoms with van der Waals surface area (Å²) in [6.07, 6.45) is 2.49. The number of rotatable bonds is 5. The number of pyridine rings is 1. The van der Waals surface area contributed by atoms with Crippen molar-refractivity contribution in [2.24, 2.45) is 5.73 Å². The van der Waals surface area contributed by atoms with E-state index in [1.807, 2.05) is 54.6 Å². The van der Waals surface area contributed by atoms with Gasteiger partial charge in [-0.3, -0.25) is 4.57 Å². The number of aromatic nitrogens is 5. The molecule has 2 N–H and O–H groups in total. The van der Waals surface area contributed by atoms with Gasteiger partial charge in [-0.15, -0.1) is 0 Å². The number of carbonyl (C=O) groups is 1. The zero-order valence-corrected chi connectivity index (χ0v) is 22.9. The Hall–Kier alpha value is -5.51. The number of amides is 1. The highest BCUT2D eigenvalue weighted by Crippen LogP contribution is 2.33. The number of hydrogen-bond acceptors (Lipinski definition) is 8. The molecule has 1 amide bonds. The van der Waals surface area contributed by atoms with Crippen molar-refractivity contribution in [1.29, 1.82) is 0 Å². The van der Waals surface area contributed by atoms with Crippen molar-refractivity contribution in [2.75, 3.05) is 18.1 Å². The van der Waals surface area contributed by atoms with Crippen LogP contribution in [0.4, 0.5) is 10.6 Å². The average molecular weight is 558 g/mol. The second-order valence-corrected chi connectivity index (χ2v) is 10.3. The summed E-state index contributed by atoms with van der Waals surface area (Å²) in [4.78, 5) is 32.3. The van der Waals surface area contributed by atoms with Crippen molar-refractivity contribution in [1.82, 2.24) is 24.5 Å². The van der Waals surface area contributed by atoms with Gasteiger partial charge >= 0.3 is 12.1 Å². The molecule has 0 radical (unpaired) electrons. The number of benzene rings is 3. The Morgan fingerprint density at radius 3 is 2.71 bits per heavy atom. The highest BCUT2D eigenvalue weighted by molar-refractivity contribution is 5.90. The fraction of sp³-hybridized carbons (Fsp3) is 0.156. The molecule has 10 heteroatoms. The van der Waals surface area contributed by atoms with E-state index in [4.69, 9.17) is 20.2 Å². The van der Waals surface area contributed by atoms with Gasteiger partial charge in [-0.05, 0) is 48.4 Å². The highest BCUT2D eigenvalue weighted by atomic mass is 16.6. The van der Waals surface area contributed by atoms with Crippen molar-refractivity contribution in [3.63, 3.8) is 0 Å². The normalized spacial score (nSPS) is 13.0. The molecule has 0 saturated carbocycles. The monoisotopic (exact) mass is 557 g/mol. The van der Waals surface area contributed by atoms with E-state index in [2.05, 4.69) is 45.0 Å². The summed E-state index contributed by atoms with van der Waals surface area (Å²) in [7, 11) is 0. The van der Waals surface area contributed by atoms with E-state index in [0.29, 0.717) is 37.4 Å². The topological polar surface area (TPSA) is 121 Å². The number of nitrogens with two attached hydrogens (primary N) is 1. The lowest BCUT2D eigenvalue weighted by molar-refractivity contribution is 0.205. The van der Waals surface area contributed by atoms with E-state index in [-0.39, 0.29) is 6.01 Å². The molecule has 1 aliphatic heterocycles. The summed E-state index contributed by atoms with van der Waals surface area (Å²) in [5.41, 5.74) is 12.5. The highest BCUT2D eigenvalue weighted by Gasteiger charge is 2.21. The van der Waals surface area contributed by atoms with E-state index in [9.17, 15) is 4.79 Å². The Labute approximate surface area is 241 Å². The zero-order valence-electron chi connectivity index (χ0n) is 22.9. The van der Waals surface area contributed by atoms with Gasteiger partial charge in [0.05, 0.1) is 18.6 Å². The van der Waals surface area contributed by atoms with Crippen molar-refractivity contribution in [3.8, 4) is 22.9 Å². The molecule has 4 heterocycles. The maximum absolute atomic E-state index is 11.6. The smallest absolute Gasteiger partial charge is 0.412 e. The summed E-state index contributed by atoms with van der Waals surface area (Å²) >= 11 is 0. The van der Waals surface area contributed by atoms with Crippen LogP contribution in [0.15, 0.2) is 85.3 Å². The number of nitrogens with zero attached hydrogens (tertiary/aromatic N) is 6. The summed E-state index contributed by atoms with van der Waals surface area (Å²) in [5.74, 6) is 1.73. The van der Waals surface area contributed by atoms with Gasteiger partial charge in [0.25, 0.3) is 0 Å². The Morgan fingerprint density at radius 2 is 1.86 bits per heavy atom. The molecule has 3 aromatic heterocycles. The molecule has 1 aliphatic rings. The minimum atomic E-state index is -0.929. The number of hydrogen-bond donors (Lipinski definition) is 1. The summed E-state index contributed by atoms with van der Waals surface area (Å²) in [5, 5.41) is 1.02. The molecule has 0 fully saturated rings. The lowest BCUT2D eigenvalue weighted by Gasteiger charge is -2.22. The molecule has 7 rings (SSSR count). The molecule has 0 saturated heterocycles. The first-order chi connectivity index (χ1) is 20.5. The van der Waals surface area contributed by atoms with Gasteiger partial charge in [0, 0.05) is 29.3 Å². The second-order valence-electron chi connectivity index (χ2n) is 10.3. The van der Waals surface area contributed by atoms with Crippen LogP contribution < -0.4 is 20.1 Å². The van der Waals surface area contributed by atoms with Gasteiger partial charge in [-0.25, -0.2) is 19.7 Å². The number of primary amides is 1. The fourth-order valence-corrected chi connectivity index (χ4v) is 5.39. The minimum absolute atomic E-state index is 0.101. The van der Waals surface area contributed by atoms with E-state index in [0.717, 1.165) is 50.3 Å². The molecular weight excluding hydrogens is 530 g/mol. The largest absolute Gasteiger partial charge is 0.491 e. The number of carbonyl (C=O) groups excluding carboxylic acids is 1. The van der Waals surface area contributed by atoms with Crippen LogP contribution in [-0.2, 0) is 13.1 Å². The lowest BCUT2D eigenvalue weighted by Crippen LogP contribution is -2.26. The van der Waals surface area contributed by atoms with Crippen LogP contribution >= 0.6 is 0 Å². The predicted octanol–water partition coefficient (Wildman–Crippen LogP) is 5.25. The third-order valence-corrected chi connectivity index (χ3v) is 7.37. The van der Waals surface area contributed by atoms with Crippen LogP contribution in [0.5, 0.6) is 11.8 Å². The van der Waals surface area contributed by atoms with Gasteiger partial charge in [0.1, 0.15) is 30.0 Å². The number of anilines is 1. The Balaban J connectivity index is 1.24. The van der Waals surface area contributed by atoms with E-state index < -0.39 is 6.09 Å². The maximum Gasteiger partial charge on any atom is 0.412 e. The van der Waals surface area contributed by atoms with Gasteiger partial charge < -0.3 is 20.1 Å². The van der Waals surface area contributed by atoms with Crippen LogP contribution in [0, 0.1) is 6.92 Å². The molecule has 3 aromatic carbocycles. The van der Waals surface area contributed by atoms with E-state index in [1.165, 1.54) is 0 Å². The molecule has 0 unspecified atom stereocenters. The summed E-state index contributed by atoms with van der Waals surface area (Å²) in [6, 6.07) is 24.2. The van der Waals surface area contributed by atoms with Gasteiger partial charge in [-0.2, -0.15) is 4.98 Å². The van der Waals surface area contributed by atoms with Crippen molar-refractivity contribution >= 4 is 34.0 Å². The van der Waals surface area contributed by atoms with Crippen molar-refractivity contribution in [2.45, 2.75) is 20.0 Å². The molecule has 208 valence electrons. The van der Waals surface area contributed by atoms with Gasteiger partial charge in [0.15, 0.2) is 5.65 Å². The summed E-state index contributed by atoms with van der Waals surface area (Å²) in [6.45, 7) is 4.36. The van der Waals surface area contributed by atoms with Crippen molar-refractivity contribution < 1.29 is 14.3 Å². The molecular formula is C32H27N7O3. The molecule has 0 atom stereocenters. The minimum Gasteiger partial charge on any atom is -0.491 e. The fourth-order valence-electron chi connectivity index (χ4n) is 5.39. The first-order valence-electron chi connectivity index (χ1n) is 13.6. The number of imidazole rings is 1. The number of aryl methyl sites for hydroxylation is 1. The van der Waals surface area contributed by atoms with Gasteiger partial charge in [0.2, 0.25) is 0 Å². The third kappa shape index (κ3) is 4.83. The first-order valence-corrected chi connectivity index (χ1v) is 13.6. The van der Waals surface area contributed by atoms with Crippen LogP contribution in [0.25, 0.3) is 33.2 Å².